The van der Waals surface area contributed by atoms with Crippen LogP contribution < -0.4 is 16.4 Å². The summed E-state index contributed by atoms with van der Waals surface area (Å²) < 4.78 is 4.56. The van der Waals surface area contributed by atoms with Crippen molar-refractivity contribution in [3.05, 3.63) is 95.6 Å². The summed E-state index contributed by atoms with van der Waals surface area (Å²) in [4.78, 5) is 23.4. The number of hydrogen-bond acceptors (Lipinski definition) is 5. The molecule has 0 aliphatic carbocycles. The van der Waals surface area contributed by atoms with Crippen LogP contribution in [0.3, 0.4) is 0 Å². The lowest BCUT2D eigenvalue weighted by Gasteiger charge is -2.19. The number of carbonyl (C=O) groups is 2. The molecule has 4 N–H and O–H groups in total. The van der Waals surface area contributed by atoms with Gasteiger partial charge in [-0.15, -0.1) is 0 Å². The fraction of sp³-hybridized carbons (Fsp3) is 0.231. The maximum absolute atomic E-state index is 12.3. The van der Waals surface area contributed by atoms with E-state index in [0.717, 1.165) is 18.7 Å². The lowest BCUT2D eigenvalue weighted by molar-refractivity contribution is -0.140. The smallest absolute Gasteiger partial charge is 0.307 e. The van der Waals surface area contributed by atoms with Crippen LogP contribution in [0.5, 0.6) is 0 Å². The third-order valence-corrected chi connectivity index (χ3v) is 5.31. The molecule has 0 unspecified atom stereocenters. The monoisotopic (exact) mass is 431 g/mol. The van der Waals surface area contributed by atoms with E-state index in [0.29, 0.717) is 11.3 Å². The maximum atomic E-state index is 12.3. The van der Waals surface area contributed by atoms with Crippen LogP contribution in [0.4, 0.5) is 11.4 Å². The second-order valence-electron chi connectivity index (χ2n) is 7.47. The SMILES string of the molecule is COC(=O)CCNC(=O)c1ccc(NCCC(c2ccccc2)c2ccccc2)c(N)c1. The zero-order valence-corrected chi connectivity index (χ0v) is 18.2. The molecular weight excluding hydrogens is 402 g/mol. The highest BCUT2D eigenvalue weighted by atomic mass is 16.5. The van der Waals surface area contributed by atoms with E-state index in [2.05, 4.69) is 63.9 Å². The summed E-state index contributed by atoms with van der Waals surface area (Å²) in [5, 5.41) is 6.09. The number of nitrogen functional groups attached to an aromatic ring is 1. The van der Waals surface area contributed by atoms with Crippen molar-refractivity contribution in [1.29, 1.82) is 0 Å². The number of nitrogens with two attached hydrogens (primary N) is 1. The van der Waals surface area contributed by atoms with E-state index in [1.54, 1.807) is 12.1 Å². The molecule has 0 fully saturated rings. The Morgan fingerprint density at radius 1 is 0.906 bits per heavy atom. The van der Waals surface area contributed by atoms with E-state index in [4.69, 9.17) is 5.73 Å². The quantitative estimate of drug-likeness (QED) is 0.330. The Bertz CT molecular complexity index is 984. The third kappa shape index (κ3) is 6.35. The van der Waals surface area contributed by atoms with Gasteiger partial charge in [0.2, 0.25) is 0 Å². The van der Waals surface area contributed by atoms with Gasteiger partial charge in [-0.1, -0.05) is 60.7 Å². The molecule has 0 radical (unpaired) electrons. The van der Waals surface area contributed by atoms with Crippen molar-refractivity contribution in [1.82, 2.24) is 5.32 Å². The van der Waals surface area contributed by atoms with Gasteiger partial charge in [0.05, 0.1) is 24.9 Å². The van der Waals surface area contributed by atoms with E-state index in [9.17, 15) is 9.59 Å². The van der Waals surface area contributed by atoms with Crippen molar-refractivity contribution in [3.63, 3.8) is 0 Å². The maximum Gasteiger partial charge on any atom is 0.307 e. The van der Waals surface area contributed by atoms with Gasteiger partial charge in [-0.25, -0.2) is 0 Å². The fourth-order valence-electron chi connectivity index (χ4n) is 3.59. The molecule has 0 atom stereocenters. The molecule has 32 heavy (non-hydrogen) atoms. The number of amides is 1. The summed E-state index contributed by atoms with van der Waals surface area (Å²) in [6.45, 7) is 0.940. The Morgan fingerprint density at radius 3 is 2.09 bits per heavy atom. The molecule has 0 heterocycles. The molecule has 0 spiro atoms. The summed E-state index contributed by atoms with van der Waals surface area (Å²) in [5.41, 5.74) is 10.5. The minimum Gasteiger partial charge on any atom is -0.469 e. The zero-order valence-electron chi connectivity index (χ0n) is 18.2. The van der Waals surface area contributed by atoms with Gasteiger partial charge in [-0.3, -0.25) is 9.59 Å². The van der Waals surface area contributed by atoms with Gasteiger partial charge in [0.15, 0.2) is 0 Å². The van der Waals surface area contributed by atoms with Crippen molar-refractivity contribution in [2.45, 2.75) is 18.8 Å². The average molecular weight is 432 g/mol. The number of ether oxygens (including phenoxy) is 1. The zero-order chi connectivity index (χ0) is 22.8. The molecule has 0 saturated carbocycles. The summed E-state index contributed by atoms with van der Waals surface area (Å²) >= 11 is 0. The first kappa shape index (κ1) is 22.9. The highest BCUT2D eigenvalue weighted by Gasteiger charge is 2.14. The molecule has 0 aliphatic rings. The highest BCUT2D eigenvalue weighted by molar-refractivity contribution is 5.96. The van der Waals surface area contributed by atoms with Crippen LogP contribution in [0.1, 0.15) is 40.2 Å². The molecule has 0 aromatic heterocycles. The van der Waals surface area contributed by atoms with Crippen LogP contribution >= 0.6 is 0 Å². The van der Waals surface area contributed by atoms with Crippen molar-refractivity contribution in [2.75, 3.05) is 31.2 Å². The number of hydrogen-bond donors (Lipinski definition) is 3. The third-order valence-electron chi connectivity index (χ3n) is 5.31. The van der Waals surface area contributed by atoms with E-state index >= 15 is 0 Å². The summed E-state index contributed by atoms with van der Waals surface area (Å²) in [6.07, 6.45) is 1.02. The topological polar surface area (TPSA) is 93.4 Å². The van der Waals surface area contributed by atoms with Crippen LogP contribution in [0.2, 0.25) is 0 Å². The molecular formula is C26H29N3O3. The molecule has 6 nitrogen and oxygen atoms in total. The second-order valence-corrected chi connectivity index (χ2v) is 7.47. The van der Waals surface area contributed by atoms with Gasteiger partial charge in [0.25, 0.3) is 5.91 Å². The summed E-state index contributed by atoms with van der Waals surface area (Å²) in [7, 11) is 1.32. The Kier molecular flexibility index (Phi) is 8.26. The van der Waals surface area contributed by atoms with Crippen molar-refractivity contribution < 1.29 is 14.3 Å². The summed E-state index contributed by atoms with van der Waals surface area (Å²) in [5.74, 6) is -0.375. The Hall–Kier alpha value is -3.80. The lowest BCUT2D eigenvalue weighted by Crippen LogP contribution is -2.26. The van der Waals surface area contributed by atoms with Crippen LogP contribution in [-0.4, -0.2) is 32.1 Å². The van der Waals surface area contributed by atoms with Gasteiger partial charge < -0.3 is 21.1 Å². The van der Waals surface area contributed by atoms with E-state index in [1.165, 1.54) is 18.2 Å². The summed E-state index contributed by atoms with van der Waals surface area (Å²) in [6, 6.07) is 26.1. The van der Waals surface area contributed by atoms with Gasteiger partial charge >= 0.3 is 5.97 Å². The van der Waals surface area contributed by atoms with E-state index in [-0.39, 0.29) is 30.8 Å². The van der Waals surface area contributed by atoms with Gasteiger partial charge in [-0.2, -0.15) is 0 Å². The first-order valence-corrected chi connectivity index (χ1v) is 10.7. The Labute approximate surface area is 188 Å². The molecule has 1 amide bonds. The number of esters is 1. The number of anilines is 2. The Balaban J connectivity index is 1.60. The lowest BCUT2D eigenvalue weighted by atomic mass is 9.88. The van der Waals surface area contributed by atoms with Crippen LogP contribution in [0.25, 0.3) is 0 Å². The molecule has 166 valence electrons. The van der Waals surface area contributed by atoms with E-state index < -0.39 is 0 Å². The first-order chi connectivity index (χ1) is 15.6. The van der Waals surface area contributed by atoms with Crippen LogP contribution in [-0.2, 0) is 9.53 Å². The molecule has 6 heteroatoms. The normalized spacial score (nSPS) is 10.6. The minimum absolute atomic E-state index is 0.126. The van der Waals surface area contributed by atoms with Crippen LogP contribution in [0, 0.1) is 0 Å². The van der Waals surface area contributed by atoms with Crippen LogP contribution in [0.15, 0.2) is 78.9 Å². The molecule has 0 aliphatic heterocycles. The number of benzene rings is 3. The largest absolute Gasteiger partial charge is 0.469 e. The number of carbonyl (C=O) groups excluding carboxylic acids is 2. The first-order valence-electron chi connectivity index (χ1n) is 10.7. The average Bonchev–Trinajstić information content (AvgIpc) is 2.83. The molecule has 3 aromatic rings. The number of nitrogens with one attached hydrogen (secondary N) is 2. The fourth-order valence-corrected chi connectivity index (χ4v) is 3.59. The van der Waals surface area contributed by atoms with Gasteiger partial charge in [0, 0.05) is 24.6 Å². The Morgan fingerprint density at radius 2 is 1.53 bits per heavy atom. The predicted octanol–water partition coefficient (Wildman–Crippen LogP) is 4.20. The molecule has 0 bridgehead atoms. The molecule has 0 saturated heterocycles. The van der Waals surface area contributed by atoms with Crippen molar-refractivity contribution in [2.24, 2.45) is 0 Å². The number of methoxy groups -OCH3 is 1. The molecule has 3 rings (SSSR count). The van der Waals surface area contributed by atoms with Crippen molar-refractivity contribution in [3.8, 4) is 0 Å². The predicted molar refractivity (Wildman–Crippen MR) is 128 cm³/mol. The number of rotatable bonds is 10. The van der Waals surface area contributed by atoms with E-state index in [1.807, 2.05) is 18.2 Å². The van der Waals surface area contributed by atoms with Crippen molar-refractivity contribution >= 4 is 23.3 Å². The van der Waals surface area contributed by atoms with Gasteiger partial charge in [-0.05, 0) is 35.7 Å². The molecule has 3 aromatic carbocycles. The highest BCUT2D eigenvalue weighted by Crippen LogP contribution is 2.28. The second kappa shape index (κ2) is 11.6. The standard InChI is InChI=1S/C26H29N3O3/c1-32-25(30)15-17-29-26(31)21-12-13-24(23(27)18-21)28-16-14-22(19-8-4-2-5-9-19)20-10-6-3-7-11-20/h2-13,18,22,28H,14-17,27H2,1H3,(H,29,31). The van der Waals surface area contributed by atoms with Gasteiger partial charge in [0.1, 0.15) is 0 Å². The minimum atomic E-state index is -0.367.